The maximum absolute atomic E-state index is 13.3. The molecule has 4 aromatic rings. The fourth-order valence-electron chi connectivity index (χ4n) is 4.38. The molecule has 0 fully saturated rings. The lowest BCUT2D eigenvalue weighted by Crippen LogP contribution is -2.40. The van der Waals surface area contributed by atoms with Crippen LogP contribution in [-0.2, 0) is 11.3 Å². The number of carbonyl (C=O) groups excluding carboxylic acids is 2. The number of amides is 2. The first-order valence-electron chi connectivity index (χ1n) is 12.5. The Morgan fingerprint density at radius 3 is 2.50 bits per heavy atom. The normalized spacial score (nSPS) is 14.2. The van der Waals surface area contributed by atoms with Crippen molar-refractivity contribution in [3.05, 3.63) is 83.5 Å². The molecule has 196 valence electrons. The number of nitrogens with one attached hydrogen (secondary N) is 1. The van der Waals surface area contributed by atoms with E-state index >= 15 is 0 Å². The third kappa shape index (κ3) is 5.26. The summed E-state index contributed by atoms with van der Waals surface area (Å²) in [5.41, 5.74) is 2.33. The van der Waals surface area contributed by atoms with Crippen molar-refractivity contribution in [2.45, 2.75) is 26.5 Å². The van der Waals surface area contributed by atoms with Crippen molar-refractivity contribution in [3.8, 4) is 17.2 Å². The zero-order valence-electron chi connectivity index (χ0n) is 21.1. The Hall–Kier alpha value is -4.17. The van der Waals surface area contributed by atoms with Crippen molar-refractivity contribution in [2.24, 2.45) is 0 Å². The van der Waals surface area contributed by atoms with Crippen LogP contribution in [0.5, 0.6) is 17.2 Å². The number of aromatic nitrogens is 1. The molecule has 38 heavy (non-hydrogen) atoms. The van der Waals surface area contributed by atoms with Crippen LogP contribution in [0.15, 0.2) is 72.9 Å². The molecule has 0 saturated heterocycles. The van der Waals surface area contributed by atoms with Crippen LogP contribution in [0.2, 0.25) is 5.02 Å². The van der Waals surface area contributed by atoms with E-state index in [9.17, 15) is 9.59 Å². The average Bonchev–Trinajstić information content (AvgIpc) is 3.34. The number of ether oxygens (including phenoxy) is 3. The van der Waals surface area contributed by atoms with E-state index in [2.05, 4.69) is 9.88 Å². The number of fused-ring (bicyclic) bond motifs is 2. The van der Waals surface area contributed by atoms with Gasteiger partial charge >= 0.3 is 6.09 Å². The third-order valence-corrected chi connectivity index (χ3v) is 6.70. The van der Waals surface area contributed by atoms with Crippen LogP contribution in [0.3, 0.4) is 0 Å². The lowest BCUT2D eigenvalue weighted by atomic mass is 10.1. The van der Waals surface area contributed by atoms with E-state index in [4.69, 9.17) is 25.8 Å². The second-order valence-electron chi connectivity index (χ2n) is 8.84. The molecule has 1 atom stereocenters. The molecule has 2 amide bonds. The van der Waals surface area contributed by atoms with Crippen LogP contribution in [0, 0.1) is 0 Å². The number of rotatable bonds is 7. The minimum atomic E-state index is -0.873. The number of benzene rings is 3. The topological polar surface area (TPSA) is 82.0 Å². The maximum atomic E-state index is 13.3. The highest BCUT2D eigenvalue weighted by atomic mass is 35.5. The first kappa shape index (κ1) is 25.5. The summed E-state index contributed by atoms with van der Waals surface area (Å²) in [6, 6.07) is 20.3. The van der Waals surface area contributed by atoms with E-state index in [1.165, 1.54) is 0 Å². The second kappa shape index (κ2) is 11.1. The molecular formula is C29H28ClN3O5. The molecule has 1 aliphatic heterocycles. The molecule has 1 N–H and O–H groups in total. The van der Waals surface area contributed by atoms with Crippen molar-refractivity contribution in [3.63, 3.8) is 0 Å². The first-order valence-corrected chi connectivity index (χ1v) is 12.9. The summed E-state index contributed by atoms with van der Waals surface area (Å²) in [6.45, 7) is 5.43. The molecule has 2 heterocycles. The largest absolute Gasteiger partial charge is 0.485 e. The molecule has 0 bridgehead atoms. The molecule has 1 aromatic heterocycles. The van der Waals surface area contributed by atoms with Crippen molar-refractivity contribution >= 4 is 40.2 Å². The van der Waals surface area contributed by atoms with Gasteiger partial charge in [0.25, 0.3) is 5.91 Å². The van der Waals surface area contributed by atoms with E-state index < -0.39 is 18.1 Å². The molecule has 0 radical (unpaired) electrons. The highest BCUT2D eigenvalue weighted by Gasteiger charge is 2.29. The Labute approximate surface area is 225 Å². The van der Waals surface area contributed by atoms with Crippen LogP contribution in [0.1, 0.15) is 19.4 Å². The Balaban J connectivity index is 1.47. The third-order valence-electron chi connectivity index (χ3n) is 6.45. The summed E-state index contributed by atoms with van der Waals surface area (Å²) in [5.74, 6) is 0.938. The van der Waals surface area contributed by atoms with Gasteiger partial charge in [-0.1, -0.05) is 35.9 Å². The fourth-order valence-corrected chi connectivity index (χ4v) is 4.51. The molecule has 0 spiro atoms. The van der Waals surface area contributed by atoms with Gasteiger partial charge in [0.1, 0.15) is 6.61 Å². The van der Waals surface area contributed by atoms with Gasteiger partial charge in [-0.05, 0) is 61.9 Å². The van der Waals surface area contributed by atoms with E-state index in [1.807, 2.05) is 68.6 Å². The van der Waals surface area contributed by atoms with Crippen molar-refractivity contribution < 1.29 is 23.8 Å². The number of halogens is 1. The highest BCUT2D eigenvalue weighted by Crippen LogP contribution is 2.36. The van der Waals surface area contributed by atoms with Crippen LogP contribution < -0.4 is 19.5 Å². The summed E-state index contributed by atoms with van der Waals surface area (Å²) in [7, 11) is 0. The van der Waals surface area contributed by atoms with Gasteiger partial charge in [0, 0.05) is 36.2 Å². The van der Waals surface area contributed by atoms with Gasteiger partial charge in [-0.2, -0.15) is 0 Å². The number of hydrogen-bond donors (Lipinski definition) is 1. The lowest BCUT2D eigenvalue weighted by molar-refractivity contribution is -0.125. The van der Waals surface area contributed by atoms with Gasteiger partial charge in [-0.25, -0.2) is 4.79 Å². The standard InChI is InChI=1S/C29H28ClN3O5/c1-3-32(4-2)29(35)38-25-14-13-22-21(15-16-33(22)17-19-9-11-20(30)12-10-19)27(25)31-28(34)26-18-36-23-7-5-6-8-24(23)37-26/h5-16,26H,3-4,17-18H2,1-2H3,(H,31,34)/t26-/m0/s1. The minimum absolute atomic E-state index is 0.0605. The number of carbonyl (C=O) groups is 2. The van der Waals surface area contributed by atoms with Crippen molar-refractivity contribution in [1.29, 1.82) is 0 Å². The molecule has 5 rings (SSSR count). The van der Waals surface area contributed by atoms with Gasteiger partial charge in [0.05, 0.1) is 11.2 Å². The smallest absolute Gasteiger partial charge is 0.415 e. The highest BCUT2D eigenvalue weighted by molar-refractivity contribution is 6.30. The molecule has 9 heteroatoms. The Kier molecular flexibility index (Phi) is 7.42. The summed E-state index contributed by atoms with van der Waals surface area (Å²) in [4.78, 5) is 27.7. The van der Waals surface area contributed by atoms with E-state index in [1.54, 1.807) is 23.1 Å². The SMILES string of the molecule is CCN(CC)C(=O)Oc1ccc2c(ccn2Cc2ccc(Cl)cc2)c1NC(=O)[C@@H]1COc2ccccc2O1. The van der Waals surface area contributed by atoms with Gasteiger partial charge in [-0.3, -0.25) is 4.79 Å². The average molecular weight is 534 g/mol. The molecular weight excluding hydrogens is 506 g/mol. The number of para-hydroxylation sites is 2. The van der Waals surface area contributed by atoms with E-state index in [0.717, 1.165) is 16.5 Å². The van der Waals surface area contributed by atoms with Crippen LogP contribution in [0.25, 0.3) is 10.9 Å². The maximum Gasteiger partial charge on any atom is 0.415 e. The Morgan fingerprint density at radius 1 is 1.03 bits per heavy atom. The quantitative estimate of drug-likeness (QED) is 0.317. The van der Waals surface area contributed by atoms with Gasteiger partial charge < -0.3 is 29.0 Å². The van der Waals surface area contributed by atoms with Crippen molar-refractivity contribution in [1.82, 2.24) is 9.47 Å². The van der Waals surface area contributed by atoms with Crippen LogP contribution >= 0.6 is 11.6 Å². The molecule has 0 saturated carbocycles. The number of hydrogen-bond acceptors (Lipinski definition) is 5. The number of nitrogens with zero attached hydrogens (tertiary/aromatic N) is 2. The summed E-state index contributed by atoms with van der Waals surface area (Å²) >= 11 is 6.04. The molecule has 1 aliphatic rings. The molecule has 0 unspecified atom stereocenters. The van der Waals surface area contributed by atoms with Crippen LogP contribution in [-0.4, -0.2) is 47.3 Å². The van der Waals surface area contributed by atoms with E-state index in [0.29, 0.717) is 41.8 Å². The zero-order valence-corrected chi connectivity index (χ0v) is 21.9. The lowest BCUT2D eigenvalue weighted by Gasteiger charge is -2.26. The summed E-state index contributed by atoms with van der Waals surface area (Å²) in [6.07, 6.45) is 0.570. The van der Waals surface area contributed by atoms with Gasteiger partial charge in [0.15, 0.2) is 17.2 Å². The predicted octanol–water partition coefficient (Wildman–Crippen LogP) is 5.96. The molecule has 3 aromatic carbocycles. The Morgan fingerprint density at radius 2 is 1.76 bits per heavy atom. The summed E-state index contributed by atoms with van der Waals surface area (Å²) < 4.78 is 19.4. The van der Waals surface area contributed by atoms with Crippen LogP contribution in [0.4, 0.5) is 10.5 Å². The van der Waals surface area contributed by atoms with Gasteiger partial charge in [-0.15, -0.1) is 0 Å². The monoisotopic (exact) mass is 533 g/mol. The fraction of sp³-hybridized carbons (Fsp3) is 0.241. The van der Waals surface area contributed by atoms with Crippen molar-refractivity contribution in [2.75, 3.05) is 25.0 Å². The molecule has 8 nitrogen and oxygen atoms in total. The minimum Gasteiger partial charge on any atom is -0.485 e. The zero-order chi connectivity index (χ0) is 26.6. The first-order chi connectivity index (χ1) is 18.5. The molecule has 0 aliphatic carbocycles. The van der Waals surface area contributed by atoms with E-state index in [-0.39, 0.29) is 12.4 Å². The Bertz CT molecular complexity index is 1460. The second-order valence-corrected chi connectivity index (χ2v) is 9.27. The predicted molar refractivity (Wildman–Crippen MR) is 146 cm³/mol. The summed E-state index contributed by atoms with van der Waals surface area (Å²) in [5, 5.41) is 4.35. The number of anilines is 1. The van der Waals surface area contributed by atoms with Gasteiger partial charge in [0.2, 0.25) is 6.10 Å².